The molecule has 6 nitrogen and oxygen atoms in total. The van der Waals surface area contributed by atoms with Crippen LogP contribution in [0.2, 0.25) is 0 Å². The van der Waals surface area contributed by atoms with Gasteiger partial charge < -0.3 is 14.5 Å². The van der Waals surface area contributed by atoms with Crippen LogP contribution in [-0.4, -0.2) is 47.1 Å². The molecule has 0 spiro atoms. The second-order valence-electron chi connectivity index (χ2n) is 6.44. The molecule has 2 aromatic heterocycles. The minimum absolute atomic E-state index is 0.0134. The van der Waals surface area contributed by atoms with Gasteiger partial charge in [0.05, 0.1) is 24.2 Å². The Kier molecular flexibility index (Phi) is 4.39. The van der Waals surface area contributed by atoms with E-state index in [9.17, 15) is 4.79 Å². The monoisotopic (exact) mass is 347 g/mol. The summed E-state index contributed by atoms with van der Waals surface area (Å²) in [6, 6.07) is 4.32. The molecule has 2 aliphatic rings. The van der Waals surface area contributed by atoms with E-state index in [-0.39, 0.29) is 18.1 Å². The van der Waals surface area contributed by atoms with E-state index in [0.717, 1.165) is 44.1 Å². The van der Waals surface area contributed by atoms with Crippen LogP contribution in [0, 0.1) is 6.92 Å². The number of fused-ring (bicyclic) bond motifs is 1. The Balaban J connectivity index is 1.47. The predicted molar refractivity (Wildman–Crippen MR) is 90.0 cm³/mol. The molecule has 128 valence electrons. The molecule has 0 aliphatic carbocycles. The molecule has 7 heteroatoms. The molecule has 0 radical (unpaired) electrons. The Hall–Kier alpha value is -1.70. The van der Waals surface area contributed by atoms with Crippen molar-refractivity contribution < 1.29 is 13.9 Å². The number of nitrogens with zero attached hydrogens (tertiary/aromatic N) is 2. The van der Waals surface area contributed by atoms with Gasteiger partial charge >= 0.3 is 0 Å². The zero-order chi connectivity index (χ0) is 16.5. The topological polar surface area (TPSA) is 67.6 Å². The molecule has 2 saturated heterocycles. The Labute approximate surface area is 144 Å². The van der Waals surface area contributed by atoms with Crippen LogP contribution >= 0.6 is 11.3 Å². The maximum absolute atomic E-state index is 12.3. The van der Waals surface area contributed by atoms with Crippen molar-refractivity contribution in [2.75, 3.05) is 13.2 Å². The number of nitrogens with one attached hydrogen (secondary N) is 1. The summed E-state index contributed by atoms with van der Waals surface area (Å²) in [6.07, 6.45) is 2.19. The summed E-state index contributed by atoms with van der Waals surface area (Å²) in [5, 5.41) is 4.88. The van der Waals surface area contributed by atoms with Gasteiger partial charge in [0.2, 0.25) is 0 Å². The average Bonchev–Trinajstić information content (AvgIpc) is 3.30. The summed E-state index contributed by atoms with van der Waals surface area (Å²) in [7, 11) is 0. The Morgan fingerprint density at radius 1 is 1.50 bits per heavy atom. The van der Waals surface area contributed by atoms with Crippen LogP contribution < -0.4 is 5.32 Å². The van der Waals surface area contributed by atoms with Crippen LogP contribution in [0.4, 0.5) is 0 Å². The summed E-state index contributed by atoms with van der Waals surface area (Å²) in [5.74, 6) is 1.77. The van der Waals surface area contributed by atoms with E-state index in [1.165, 1.54) is 11.3 Å². The molecule has 0 bridgehead atoms. The highest BCUT2D eigenvalue weighted by atomic mass is 32.1. The first-order chi connectivity index (χ1) is 11.7. The third-order valence-corrected chi connectivity index (χ3v) is 5.35. The number of carbonyl (C=O) groups excluding carboxylic acids is 1. The molecule has 3 atom stereocenters. The first-order valence-corrected chi connectivity index (χ1v) is 9.25. The van der Waals surface area contributed by atoms with Crippen molar-refractivity contribution >= 4 is 17.2 Å². The van der Waals surface area contributed by atoms with Gasteiger partial charge in [-0.1, -0.05) is 0 Å². The number of aryl methyl sites for hydroxylation is 1. The van der Waals surface area contributed by atoms with Gasteiger partial charge in [0.1, 0.15) is 17.2 Å². The van der Waals surface area contributed by atoms with Gasteiger partial charge in [-0.2, -0.15) is 0 Å². The Morgan fingerprint density at radius 3 is 3.17 bits per heavy atom. The molecule has 4 heterocycles. The van der Waals surface area contributed by atoms with Crippen LogP contribution in [-0.2, 0) is 11.3 Å². The SMILES string of the molecule is Cc1ccc(CN2C[C@@H](NC(=O)c3cscn3)[C@H]3OCCC[C@H]32)o1. The number of hydrogen-bond acceptors (Lipinski definition) is 6. The molecule has 0 saturated carbocycles. The van der Waals surface area contributed by atoms with E-state index in [2.05, 4.69) is 15.2 Å². The summed E-state index contributed by atoms with van der Waals surface area (Å²) in [6.45, 7) is 4.24. The first-order valence-electron chi connectivity index (χ1n) is 8.31. The Bertz CT molecular complexity index is 700. The van der Waals surface area contributed by atoms with Gasteiger partial charge in [-0.05, 0) is 31.9 Å². The molecular formula is C17H21N3O3S. The van der Waals surface area contributed by atoms with E-state index in [4.69, 9.17) is 9.15 Å². The van der Waals surface area contributed by atoms with E-state index >= 15 is 0 Å². The highest BCUT2D eigenvalue weighted by Crippen LogP contribution is 2.30. The second-order valence-corrected chi connectivity index (χ2v) is 7.16. The zero-order valence-corrected chi connectivity index (χ0v) is 14.4. The second kappa shape index (κ2) is 6.66. The van der Waals surface area contributed by atoms with Crippen molar-refractivity contribution in [3.05, 3.63) is 40.2 Å². The molecule has 2 aliphatic heterocycles. The van der Waals surface area contributed by atoms with Crippen LogP contribution in [0.1, 0.15) is 34.9 Å². The van der Waals surface area contributed by atoms with Gasteiger partial charge in [0.15, 0.2) is 0 Å². The van der Waals surface area contributed by atoms with Crippen molar-refractivity contribution in [3.8, 4) is 0 Å². The highest BCUT2D eigenvalue weighted by molar-refractivity contribution is 7.07. The van der Waals surface area contributed by atoms with Gasteiger partial charge in [-0.3, -0.25) is 9.69 Å². The van der Waals surface area contributed by atoms with Crippen LogP contribution in [0.25, 0.3) is 0 Å². The quantitative estimate of drug-likeness (QED) is 0.918. The molecule has 4 rings (SSSR count). The fourth-order valence-electron chi connectivity index (χ4n) is 3.70. The van der Waals surface area contributed by atoms with Crippen LogP contribution in [0.3, 0.4) is 0 Å². The van der Waals surface area contributed by atoms with E-state index in [0.29, 0.717) is 11.7 Å². The highest BCUT2D eigenvalue weighted by Gasteiger charge is 2.44. The molecule has 24 heavy (non-hydrogen) atoms. The molecule has 2 fully saturated rings. The van der Waals surface area contributed by atoms with Gasteiger partial charge in [0, 0.05) is 24.6 Å². The number of hydrogen-bond donors (Lipinski definition) is 1. The predicted octanol–water partition coefficient (Wildman–Crippen LogP) is 2.21. The smallest absolute Gasteiger partial charge is 0.271 e. The lowest BCUT2D eigenvalue weighted by molar-refractivity contribution is -0.0219. The normalized spacial score (nSPS) is 27.1. The Morgan fingerprint density at radius 2 is 2.42 bits per heavy atom. The number of amides is 1. The number of carbonyl (C=O) groups is 1. The molecule has 0 unspecified atom stereocenters. The van der Waals surface area contributed by atoms with E-state index in [1.54, 1.807) is 10.9 Å². The lowest BCUT2D eigenvalue weighted by Gasteiger charge is -2.32. The number of ether oxygens (including phenoxy) is 1. The van der Waals surface area contributed by atoms with Gasteiger partial charge in [0.25, 0.3) is 5.91 Å². The van der Waals surface area contributed by atoms with Crippen LogP contribution in [0.5, 0.6) is 0 Å². The minimum Gasteiger partial charge on any atom is -0.465 e. The maximum atomic E-state index is 12.3. The van der Waals surface area contributed by atoms with Crippen molar-refractivity contribution in [2.45, 2.75) is 44.5 Å². The molecule has 2 aromatic rings. The molecule has 1 N–H and O–H groups in total. The summed E-state index contributed by atoms with van der Waals surface area (Å²) in [5.41, 5.74) is 2.15. The van der Waals surface area contributed by atoms with Crippen molar-refractivity contribution in [1.82, 2.24) is 15.2 Å². The van der Waals surface area contributed by atoms with E-state index < -0.39 is 0 Å². The summed E-state index contributed by atoms with van der Waals surface area (Å²) >= 11 is 1.43. The van der Waals surface area contributed by atoms with Gasteiger partial charge in [-0.25, -0.2) is 4.98 Å². The first kappa shape index (κ1) is 15.8. The lowest BCUT2D eigenvalue weighted by atomic mass is 10.0. The molecule has 0 aromatic carbocycles. The summed E-state index contributed by atoms with van der Waals surface area (Å²) in [4.78, 5) is 18.8. The number of likely N-dealkylation sites (tertiary alicyclic amines) is 1. The van der Waals surface area contributed by atoms with Crippen molar-refractivity contribution in [1.29, 1.82) is 0 Å². The molecule has 1 amide bonds. The summed E-state index contributed by atoms with van der Waals surface area (Å²) < 4.78 is 11.7. The largest absolute Gasteiger partial charge is 0.465 e. The number of thiazole rings is 1. The minimum atomic E-state index is -0.120. The average molecular weight is 347 g/mol. The standard InChI is InChI=1S/C17H21N3O3S/c1-11-4-5-12(23-11)7-20-8-13(16-15(20)3-2-6-22-16)19-17(21)14-9-24-10-18-14/h4-5,9-10,13,15-16H,2-3,6-8H2,1H3,(H,19,21)/t13-,15-,16-/m1/s1. The lowest BCUT2D eigenvalue weighted by Crippen LogP contribution is -2.47. The zero-order valence-electron chi connectivity index (χ0n) is 13.6. The fourth-order valence-corrected chi connectivity index (χ4v) is 4.23. The maximum Gasteiger partial charge on any atom is 0.271 e. The van der Waals surface area contributed by atoms with E-state index in [1.807, 2.05) is 19.1 Å². The van der Waals surface area contributed by atoms with Gasteiger partial charge in [-0.15, -0.1) is 11.3 Å². The molecular weight excluding hydrogens is 326 g/mol. The number of rotatable bonds is 4. The third-order valence-electron chi connectivity index (χ3n) is 4.77. The van der Waals surface area contributed by atoms with Crippen molar-refractivity contribution in [3.63, 3.8) is 0 Å². The number of aromatic nitrogens is 1. The van der Waals surface area contributed by atoms with Crippen LogP contribution in [0.15, 0.2) is 27.4 Å². The third kappa shape index (κ3) is 3.11. The number of furan rings is 1. The van der Waals surface area contributed by atoms with Crippen molar-refractivity contribution in [2.24, 2.45) is 0 Å². The fraction of sp³-hybridized carbons (Fsp3) is 0.529.